The molecule has 0 aromatic carbocycles. The molecule has 3 nitrogen and oxygen atoms in total. The first-order valence-electron chi connectivity index (χ1n) is 4.41. The van der Waals surface area contributed by atoms with E-state index in [0.717, 1.165) is 15.0 Å². The third-order valence-electron chi connectivity index (χ3n) is 2.47. The molecule has 0 radical (unpaired) electrons. The summed E-state index contributed by atoms with van der Waals surface area (Å²) in [5.74, 6) is 0.796. The predicted octanol–water partition coefficient (Wildman–Crippen LogP) is 2.80. The van der Waals surface area contributed by atoms with E-state index in [2.05, 4.69) is 29.4 Å². The molecule has 72 valence electrons. The number of nitrogens with one attached hydrogen (secondary N) is 2. The van der Waals surface area contributed by atoms with Gasteiger partial charge in [0, 0.05) is 5.54 Å². The molecule has 2 rings (SSSR count). The Morgan fingerprint density at radius 2 is 2.31 bits per heavy atom. The van der Waals surface area contributed by atoms with Crippen molar-refractivity contribution >= 4 is 28.7 Å². The molecule has 0 saturated heterocycles. The van der Waals surface area contributed by atoms with Crippen molar-refractivity contribution in [2.24, 2.45) is 5.92 Å². The number of aromatic amines is 1. The van der Waals surface area contributed by atoms with Gasteiger partial charge in [-0.05, 0) is 44.8 Å². The highest BCUT2D eigenvalue weighted by Crippen LogP contribution is 2.41. The number of hydrogen-bond acceptors (Lipinski definition) is 4. The smallest absolute Gasteiger partial charge is 0.204 e. The number of H-pyrrole nitrogens is 1. The standard InChI is InChI=1S/C8H13N3S2/c1-8(2,5-3-4-5)9-6-10-11-7(12)13-6/h5H,3-4H2,1-2H3,(H,9,10)(H,11,12). The number of nitrogens with zero attached hydrogens (tertiary/aromatic N) is 1. The molecule has 2 N–H and O–H groups in total. The van der Waals surface area contributed by atoms with E-state index in [9.17, 15) is 0 Å². The van der Waals surface area contributed by atoms with Crippen LogP contribution in [0, 0.1) is 9.87 Å². The second-order valence-electron chi connectivity index (χ2n) is 4.04. The van der Waals surface area contributed by atoms with Gasteiger partial charge >= 0.3 is 0 Å². The first kappa shape index (κ1) is 9.15. The second kappa shape index (κ2) is 3.06. The fourth-order valence-electron chi connectivity index (χ4n) is 1.47. The molecular formula is C8H13N3S2. The van der Waals surface area contributed by atoms with Gasteiger partial charge in [-0.25, -0.2) is 0 Å². The van der Waals surface area contributed by atoms with Gasteiger partial charge in [0.2, 0.25) is 5.13 Å². The van der Waals surface area contributed by atoms with Crippen LogP contribution in [-0.4, -0.2) is 15.7 Å². The van der Waals surface area contributed by atoms with Gasteiger partial charge in [-0.2, -0.15) is 0 Å². The molecule has 0 aliphatic heterocycles. The lowest BCUT2D eigenvalue weighted by molar-refractivity contribution is 0.493. The number of rotatable bonds is 3. The van der Waals surface area contributed by atoms with Crippen LogP contribution >= 0.6 is 23.6 Å². The average Bonchev–Trinajstić information content (AvgIpc) is 2.78. The zero-order valence-electron chi connectivity index (χ0n) is 7.76. The van der Waals surface area contributed by atoms with Crippen molar-refractivity contribution in [1.29, 1.82) is 0 Å². The predicted molar refractivity (Wildman–Crippen MR) is 57.7 cm³/mol. The Bertz CT molecular complexity index is 348. The van der Waals surface area contributed by atoms with Gasteiger partial charge < -0.3 is 5.32 Å². The molecule has 0 amide bonds. The maximum atomic E-state index is 4.96. The third kappa shape index (κ3) is 2.08. The van der Waals surface area contributed by atoms with E-state index < -0.39 is 0 Å². The summed E-state index contributed by atoms with van der Waals surface area (Å²) in [5, 5.41) is 11.2. The highest BCUT2D eigenvalue weighted by atomic mass is 32.1. The molecule has 1 saturated carbocycles. The van der Waals surface area contributed by atoms with Crippen molar-refractivity contribution in [1.82, 2.24) is 10.2 Å². The van der Waals surface area contributed by atoms with Gasteiger partial charge in [-0.15, -0.1) is 5.10 Å². The van der Waals surface area contributed by atoms with E-state index in [1.54, 1.807) is 0 Å². The van der Waals surface area contributed by atoms with E-state index >= 15 is 0 Å². The summed E-state index contributed by atoms with van der Waals surface area (Å²) in [7, 11) is 0. The number of aromatic nitrogens is 2. The lowest BCUT2D eigenvalue weighted by atomic mass is 9.99. The minimum Gasteiger partial charge on any atom is -0.355 e. The Kier molecular flexibility index (Phi) is 2.15. The fraction of sp³-hybridized carbons (Fsp3) is 0.750. The van der Waals surface area contributed by atoms with Crippen LogP contribution < -0.4 is 5.32 Å². The van der Waals surface area contributed by atoms with Gasteiger partial charge in [-0.1, -0.05) is 11.3 Å². The maximum absolute atomic E-state index is 4.96. The van der Waals surface area contributed by atoms with E-state index in [0.29, 0.717) is 0 Å². The van der Waals surface area contributed by atoms with Crippen LogP contribution in [0.3, 0.4) is 0 Å². The molecule has 0 bridgehead atoms. The largest absolute Gasteiger partial charge is 0.355 e. The topological polar surface area (TPSA) is 40.7 Å². The van der Waals surface area contributed by atoms with Crippen LogP contribution in [-0.2, 0) is 0 Å². The zero-order valence-corrected chi connectivity index (χ0v) is 9.39. The average molecular weight is 215 g/mol. The fourth-order valence-corrected chi connectivity index (χ4v) is 2.42. The van der Waals surface area contributed by atoms with Crippen LogP contribution in [0.4, 0.5) is 5.13 Å². The Morgan fingerprint density at radius 3 is 2.77 bits per heavy atom. The molecule has 1 aromatic heterocycles. The van der Waals surface area contributed by atoms with E-state index in [-0.39, 0.29) is 5.54 Å². The monoisotopic (exact) mass is 215 g/mol. The van der Waals surface area contributed by atoms with Crippen molar-refractivity contribution in [3.05, 3.63) is 3.95 Å². The first-order chi connectivity index (χ1) is 6.08. The van der Waals surface area contributed by atoms with Gasteiger partial charge in [0.25, 0.3) is 0 Å². The van der Waals surface area contributed by atoms with Crippen LogP contribution in [0.15, 0.2) is 0 Å². The lowest BCUT2D eigenvalue weighted by Crippen LogP contribution is -2.33. The summed E-state index contributed by atoms with van der Waals surface area (Å²) in [4.78, 5) is 0. The second-order valence-corrected chi connectivity index (χ2v) is 5.70. The van der Waals surface area contributed by atoms with Gasteiger partial charge in [-0.3, -0.25) is 5.10 Å². The SMILES string of the molecule is CC(C)(Nc1n[nH]c(=S)s1)C1CC1. The molecule has 1 fully saturated rings. The Balaban J connectivity index is 2.08. The summed E-state index contributed by atoms with van der Waals surface area (Å²) in [6.07, 6.45) is 2.66. The highest BCUT2D eigenvalue weighted by Gasteiger charge is 2.38. The van der Waals surface area contributed by atoms with Crippen molar-refractivity contribution < 1.29 is 0 Å². The normalized spacial score (nSPS) is 17.4. The van der Waals surface area contributed by atoms with Gasteiger partial charge in [0.1, 0.15) is 0 Å². The van der Waals surface area contributed by atoms with Crippen LogP contribution in [0.1, 0.15) is 26.7 Å². The van der Waals surface area contributed by atoms with Gasteiger partial charge in [0.05, 0.1) is 0 Å². The molecular weight excluding hydrogens is 202 g/mol. The molecule has 0 unspecified atom stereocenters. The molecule has 1 heterocycles. The minimum absolute atomic E-state index is 0.160. The van der Waals surface area contributed by atoms with Crippen molar-refractivity contribution in [3.63, 3.8) is 0 Å². The third-order valence-corrected chi connectivity index (χ3v) is 3.47. The molecule has 13 heavy (non-hydrogen) atoms. The van der Waals surface area contributed by atoms with Crippen molar-refractivity contribution in [3.8, 4) is 0 Å². The molecule has 1 aromatic rings. The van der Waals surface area contributed by atoms with Crippen molar-refractivity contribution in [2.75, 3.05) is 5.32 Å². The summed E-state index contributed by atoms with van der Waals surface area (Å²) < 4.78 is 0.731. The highest BCUT2D eigenvalue weighted by molar-refractivity contribution is 7.73. The first-order valence-corrected chi connectivity index (χ1v) is 5.64. The molecule has 0 atom stereocenters. The maximum Gasteiger partial charge on any atom is 0.204 e. The molecule has 5 heteroatoms. The summed E-state index contributed by atoms with van der Waals surface area (Å²) in [6, 6.07) is 0. The Morgan fingerprint density at radius 1 is 1.62 bits per heavy atom. The summed E-state index contributed by atoms with van der Waals surface area (Å²) in [6.45, 7) is 4.43. The Hall–Kier alpha value is -0.420. The number of anilines is 1. The minimum atomic E-state index is 0.160. The summed E-state index contributed by atoms with van der Waals surface area (Å²) >= 11 is 6.46. The number of hydrogen-bond donors (Lipinski definition) is 2. The quantitative estimate of drug-likeness (QED) is 0.762. The Labute approximate surface area is 86.6 Å². The molecule has 1 aliphatic rings. The lowest BCUT2D eigenvalue weighted by Gasteiger charge is -2.25. The van der Waals surface area contributed by atoms with E-state index in [1.165, 1.54) is 24.2 Å². The zero-order chi connectivity index (χ0) is 9.47. The summed E-state index contributed by atoms with van der Waals surface area (Å²) in [5.41, 5.74) is 0.160. The van der Waals surface area contributed by atoms with Crippen molar-refractivity contribution in [2.45, 2.75) is 32.2 Å². The molecule has 1 aliphatic carbocycles. The molecule has 0 spiro atoms. The van der Waals surface area contributed by atoms with Crippen LogP contribution in [0.5, 0.6) is 0 Å². The van der Waals surface area contributed by atoms with Gasteiger partial charge in [0.15, 0.2) is 3.95 Å². The van der Waals surface area contributed by atoms with E-state index in [4.69, 9.17) is 12.2 Å². The van der Waals surface area contributed by atoms with E-state index in [1.807, 2.05) is 0 Å². The van der Waals surface area contributed by atoms with Crippen LogP contribution in [0.25, 0.3) is 0 Å². The van der Waals surface area contributed by atoms with Crippen LogP contribution in [0.2, 0.25) is 0 Å².